The number of nitrogens with one attached hydrogen (secondary N) is 1. The molecule has 0 aromatic carbocycles. The number of nitrogens with zero attached hydrogens (tertiary/aromatic N) is 4. The Kier molecular flexibility index (Phi) is 6.05. The van der Waals surface area contributed by atoms with Crippen LogP contribution in [0.15, 0.2) is 26.9 Å². The molecule has 1 N–H and O–H groups in total. The van der Waals surface area contributed by atoms with Crippen molar-refractivity contribution in [2.45, 2.75) is 23.2 Å². The van der Waals surface area contributed by atoms with Crippen LogP contribution in [0.5, 0.6) is 0 Å². The van der Waals surface area contributed by atoms with Crippen molar-refractivity contribution in [2.24, 2.45) is 0 Å². The van der Waals surface area contributed by atoms with Gasteiger partial charge in [-0.2, -0.15) is 0 Å². The maximum absolute atomic E-state index is 12.7. The van der Waals surface area contributed by atoms with E-state index in [-0.39, 0.29) is 5.91 Å². The highest BCUT2D eigenvalue weighted by Gasteiger charge is 2.20. The van der Waals surface area contributed by atoms with Gasteiger partial charge in [0.2, 0.25) is 5.13 Å². The third-order valence-corrected chi connectivity index (χ3v) is 6.52. The Bertz CT molecular complexity index is 878. The van der Waals surface area contributed by atoms with Crippen LogP contribution in [-0.2, 0) is 0 Å². The van der Waals surface area contributed by atoms with Gasteiger partial charge in [0.25, 0.3) is 5.91 Å². The number of thiophene rings is 1. The number of anilines is 1. The predicted octanol–water partition coefficient (Wildman–Crippen LogP) is 4.45. The van der Waals surface area contributed by atoms with E-state index in [2.05, 4.69) is 25.5 Å². The molecule has 0 aliphatic rings. The van der Waals surface area contributed by atoms with E-state index in [1.54, 1.807) is 23.1 Å². The van der Waals surface area contributed by atoms with Gasteiger partial charge in [-0.05, 0) is 30.4 Å². The van der Waals surface area contributed by atoms with Gasteiger partial charge in [-0.3, -0.25) is 10.1 Å². The van der Waals surface area contributed by atoms with Gasteiger partial charge in [-0.1, -0.05) is 36.1 Å². The van der Waals surface area contributed by atoms with Crippen molar-refractivity contribution in [2.75, 3.05) is 17.3 Å². The van der Waals surface area contributed by atoms with E-state index in [9.17, 15) is 4.79 Å². The molecule has 6 nitrogen and oxygen atoms in total. The minimum Gasteiger partial charge on any atom is -0.296 e. The summed E-state index contributed by atoms with van der Waals surface area (Å²) in [5.74, 6) is 1.30. The van der Waals surface area contributed by atoms with Gasteiger partial charge in [-0.15, -0.1) is 33.3 Å². The van der Waals surface area contributed by atoms with E-state index in [1.165, 1.54) is 23.1 Å². The van der Waals surface area contributed by atoms with Crippen molar-refractivity contribution < 1.29 is 4.79 Å². The molecule has 130 valence electrons. The first-order valence-electron chi connectivity index (χ1n) is 7.36. The molecular formula is C15H15N5OS4. The van der Waals surface area contributed by atoms with E-state index in [1.807, 2.05) is 37.6 Å². The molecule has 0 bridgehead atoms. The normalized spacial score (nSPS) is 10.8. The molecule has 0 unspecified atom stereocenters. The van der Waals surface area contributed by atoms with Crippen LogP contribution in [-0.4, -0.2) is 38.1 Å². The highest BCUT2D eigenvalue weighted by molar-refractivity contribution is 8.01. The van der Waals surface area contributed by atoms with Crippen LogP contribution in [0.3, 0.4) is 0 Å². The summed E-state index contributed by atoms with van der Waals surface area (Å²) in [6.45, 7) is 3.87. The van der Waals surface area contributed by atoms with E-state index >= 15 is 0 Å². The highest BCUT2D eigenvalue weighted by Crippen LogP contribution is 2.29. The van der Waals surface area contributed by atoms with E-state index in [0.717, 1.165) is 15.0 Å². The molecule has 0 saturated heterocycles. The first-order chi connectivity index (χ1) is 12.1. The molecule has 25 heavy (non-hydrogen) atoms. The van der Waals surface area contributed by atoms with E-state index < -0.39 is 0 Å². The Labute approximate surface area is 161 Å². The summed E-state index contributed by atoms with van der Waals surface area (Å²) in [5, 5.41) is 14.0. The maximum atomic E-state index is 12.7. The fraction of sp³-hybridized carbons (Fsp3) is 0.267. The summed E-state index contributed by atoms with van der Waals surface area (Å²) in [5.41, 5.74) is 1.13. The summed E-state index contributed by atoms with van der Waals surface area (Å²) >= 11 is 5.96. The zero-order valence-electron chi connectivity index (χ0n) is 13.8. The van der Waals surface area contributed by atoms with Crippen LogP contribution < -0.4 is 5.32 Å². The van der Waals surface area contributed by atoms with Crippen molar-refractivity contribution in [1.82, 2.24) is 20.2 Å². The second-order valence-corrected chi connectivity index (χ2v) is 8.99. The molecule has 1 amide bonds. The monoisotopic (exact) mass is 409 g/mol. The van der Waals surface area contributed by atoms with Crippen LogP contribution in [0.4, 0.5) is 5.13 Å². The maximum Gasteiger partial charge on any atom is 0.262 e. The highest BCUT2D eigenvalue weighted by atomic mass is 32.2. The third-order valence-electron chi connectivity index (χ3n) is 3.11. The number of hydrogen-bond donors (Lipinski definition) is 1. The lowest BCUT2D eigenvalue weighted by Crippen LogP contribution is -2.16. The van der Waals surface area contributed by atoms with Crippen LogP contribution >= 0.6 is 46.2 Å². The van der Waals surface area contributed by atoms with Crippen molar-refractivity contribution in [3.05, 3.63) is 28.8 Å². The van der Waals surface area contributed by atoms with Crippen molar-refractivity contribution in [3.63, 3.8) is 0 Å². The van der Waals surface area contributed by atoms with Gasteiger partial charge < -0.3 is 0 Å². The first kappa shape index (κ1) is 18.3. The molecule has 3 rings (SSSR count). The van der Waals surface area contributed by atoms with Crippen molar-refractivity contribution in [1.29, 1.82) is 0 Å². The minimum atomic E-state index is -0.260. The molecule has 0 saturated carbocycles. The van der Waals surface area contributed by atoms with Gasteiger partial charge in [0.05, 0.1) is 16.1 Å². The van der Waals surface area contributed by atoms with Gasteiger partial charge in [0.1, 0.15) is 5.03 Å². The Morgan fingerprint density at radius 1 is 1.32 bits per heavy atom. The zero-order valence-corrected chi connectivity index (χ0v) is 17.0. The largest absolute Gasteiger partial charge is 0.296 e. The quantitative estimate of drug-likeness (QED) is 0.366. The molecule has 0 spiro atoms. The molecule has 10 heteroatoms. The lowest BCUT2D eigenvalue weighted by atomic mass is 10.2. The van der Waals surface area contributed by atoms with Crippen LogP contribution in [0, 0.1) is 6.92 Å². The van der Waals surface area contributed by atoms with Crippen LogP contribution in [0.1, 0.15) is 23.0 Å². The lowest BCUT2D eigenvalue weighted by Gasteiger charge is -2.10. The number of amides is 1. The molecule has 0 radical (unpaired) electrons. The summed E-state index contributed by atoms with van der Waals surface area (Å²) in [6.07, 6.45) is 1.90. The molecular weight excluding hydrogens is 394 g/mol. The van der Waals surface area contributed by atoms with Gasteiger partial charge in [0.15, 0.2) is 10.2 Å². The van der Waals surface area contributed by atoms with Crippen molar-refractivity contribution in [3.8, 4) is 10.7 Å². The number of carbonyl (C=O) groups is 1. The molecule has 3 heterocycles. The van der Waals surface area contributed by atoms with Gasteiger partial charge in [-0.25, -0.2) is 9.97 Å². The zero-order chi connectivity index (χ0) is 17.8. The SMILES string of the molecule is CCSc1nnc(NC(=O)c2c(C)nc(-c3cccs3)nc2SC)s1. The second-order valence-electron chi connectivity index (χ2n) is 4.75. The van der Waals surface area contributed by atoms with E-state index in [4.69, 9.17) is 0 Å². The van der Waals surface area contributed by atoms with Crippen LogP contribution in [0.2, 0.25) is 0 Å². The fourth-order valence-electron chi connectivity index (χ4n) is 2.07. The van der Waals surface area contributed by atoms with E-state index in [0.29, 0.717) is 27.2 Å². The predicted molar refractivity (Wildman–Crippen MR) is 106 cm³/mol. The Morgan fingerprint density at radius 3 is 2.84 bits per heavy atom. The Hall–Kier alpha value is -1.49. The summed E-state index contributed by atoms with van der Waals surface area (Å²) < 4.78 is 0.837. The molecule has 3 aromatic heterocycles. The van der Waals surface area contributed by atoms with Crippen LogP contribution in [0.25, 0.3) is 10.7 Å². The fourth-order valence-corrected chi connectivity index (χ4v) is 5.00. The number of carbonyl (C=O) groups excluding carboxylic acids is 1. The summed E-state index contributed by atoms with van der Waals surface area (Å²) in [7, 11) is 0. The number of aromatic nitrogens is 4. The van der Waals surface area contributed by atoms with Gasteiger partial charge >= 0.3 is 0 Å². The average molecular weight is 410 g/mol. The standard InChI is InChI=1S/C15H15N5OS4/c1-4-23-15-20-19-14(25-15)18-12(21)10-8(2)16-11(17-13(10)22-3)9-6-5-7-24-9/h5-7H,4H2,1-3H3,(H,18,19,21). The molecule has 0 aliphatic heterocycles. The number of aryl methyl sites for hydroxylation is 1. The van der Waals surface area contributed by atoms with Crippen molar-refractivity contribution >= 4 is 57.2 Å². The Morgan fingerprint density at radius 2 is 2.16 bits per heavy atom. The molecule has 3 aromatic rings. The third kappa shape index (κ3) is 4.20. The first-order valence-corrected chi connectivity index (χ1v) is 11.3. The molecule has 0 aliphatic carbocycles. The van der Waals surface area contributed by atoms with Gasteiger partial charge in [0, 0.05) is 0 Å². The lowest BCUT2D eigenvalue weighted by molar-refractivity contribution is 0.102. The smallest absolute Gasteiger partial charge is 0.262 e. The Balaban J connectivity index is 1.88. The second kappa shape index (κ2) is 8.26. The average Bonchev–Trinajstić information content (AvgIpc) is 3.26. The topological polar surface area (TPSA) is 80.7 Å². The number of thioether (sulfide) groups is 2. The number of rotatable bonds is 6. The minimum absolute atomic E-state index is 0.260. The summed E-state index contributed by atoms with van der Waals surface area (Å²) in [4.78, 5) is 22.8. The number of hydrogen-bond acceptors (Lipinski definition) is 9. The molecule has 0 fully saturated rings. The summed E-state index contributed by atoms with van der Waals surface area (Å²) in [6, 6.07) is 3.93. The molecule has 0 atom stereocenters.